The van der Waals surface area contributed by atoms with Crippen molar-refractivity contribution in [2.45, 2.75) is 59.5 Å². The smallest absolute Gasteiger partial charge is 0.413 e. The Hall–Kier alpha value is -1.87. The standard InChI is InChI=1S/C20H30BrN5O3/c1-12(2)17(20(3,4)5)25(19(27)28)16-10-15(23-13-6-8-29-9-7-13)24-18-14(21)11-22-26(16)18/h10-13,17H,6-9H2,1-5H3,(H,23,24)(H,27,28). The molecule has 1 saturated heterocycles. The summed E-state index contributed by atoms with van der Waals surface area (Å²) in [5.41, 5.74) is 0.320. The number of rotatable bonds is 5. The van der Waals surface area contributed by atoms with E-state index in [2.05, 4.69) is 52.1 Å². The highest BCUT2D eigenvalue weighted by Crippen LogP contribution is 2.35. The lowest BCUT2D eigenvalue weighted by Gasteiger charge is -2.41. The second-order valence-electron chi connectivity index (χ2n) is 8.97. The van der Waals surface area contributed by atoms with E-state index in [1.807, 2.05) is 13.8 Å². The molecule has 1 fully saturated rings. The second-order valence-corrected chi connectivity index (χ2v) is 9.82. The molecule has 0 aliphatic carbocycles. The van der Waals surface area contributed by atoms with Crippen LogP contribution in [0.25, 0.3) is 5.65 Å². The summed E-state index contributed by atoms with van der Waals surface area (Å²) in [6.07, 6.45) is 2.42. The van der Waals surface area contributed by atoms with Crippen LogP contribution in [0.1, 0.15) is 47.5 Å². The minimum atomic E-state index is -1.00. The van der Waals surface area contributed by atoms with Gasteiger partial charge in [0.05, 0.1) is 10.7 Å². The molecule has 3 heterocycles. The summed E-state index contributed by atoms with van der Waals surface area (Å²) in [4.78, 5) is 18.6. The molecule has 1 unspecified atom stereocenters. The molecular formula is C20H30BrN5O3. The zero-order valence-electron chi connectivity index (χ0n) is 17.6. The maximum absolute atomic E-state index is 12.5. The van der Waals surface area contributed by atoms with Crippen LogP contribution in [0.3, 0.4) is 0 Å². The lowest BCUT2D eigenvalue weighted by Crippen LogP contribution is -2.51. The van der Waals surface area contributed by atoms with Gasteiger partial charge in [-0.3, -0.25) is 4.90 Å². The van der Waals surface area contributed by atoms with E-state index in [1.165, 1.54) is 4.90 Å². The second kappa shape index (κ2) is 8.47. The summed E-state index contributed by atoms with van der Waals surface area (Å²) in [5, 5.41) is 18.0. The fourth-order valence-electron chi connectivity index (χ4n) is 4.26. The molecule has 8 nitrogen and oxygen atoms in total. The summed E-state index contributed by atoms with van der Waals surface area (Å²) in [7, 11) is 0. The first-order chi connectivity index (χ1) is 13.6. The number of carbonyl (C=O) groups is 1. The molecule has 3 rings (SSSR count). The van der Waals surface area contributed by atoms with Crippen LogP contribution in [0.2, 0.25) is 0 Å². The molecule has 1 atom stereocenters. The van der Waals surface area contributed by atoms with Crippen LogP contribution in [0.5, 0.6) is 0 Å². The zero-order valence-corrected chi connectivity index (χ0v) is 19.2. The molecule has 0 saturated carbocycles. The number of nitrogens with one attached hydrogen (secondary N) is 1. The van der Waals surface area contributed by atoms with Crippen molar-refractivity contribution in [1.82, 2.24) is 14.6 Å². The Morgan fingerprint density at radius 1 is 1.38 bits per heavy atom. The number of carboxylic acid groups (broad SMARTS) is 1. The van der Waals surface area contributed by atoms with Gasteiger partial charge in [0.2, 0.25) is 0 Å². The SMILES string of the molecule is CC(C)C(N(C(=O)O)c1cc(NC2CCOCC2)nc2c(Br)cnn12)C(C)(C)C. The summed E-state index contributed by atoms with van der Waals surface area (Å²) in [5.74, 6) is 1.24. The van der Waals surface area contributed by atoms with Gasteiger partial charge in [0.25, 0.3) is 0 Å². The quantitative estimate of drug-likeness (QED) is 0.665. The molecule has 2 N–H and O–H groups in total. The average molecular weight is 468 g/mol. The van der Waals surface area contributed by atoms with Crippen LogP contribution in [-0.2, 0) is 4.74 Å². The van der Waals surface area contributed by atoms with Crippen molar-refractivity contribution in [3.63, 3.8) is 0 Å². The van der Waals surface area contributed by atoms with E-state index in [4.69, 9.17) is 4.74 Å². The van der Waals surface area contributed by atoms with Crippen molar-refractivity contribution in [2.75, 3.05) is 23.4 Å². The third kappa shape index (κ3) is 4.66. The van der Waals surface area contributed by atoms with Crippen molar-refractivity contribution in [2.24, 2.45) is 11.3 Å². The van der Waals surface area contributed by atoms with Gasteiger partial charge in [0.1, 0.15) is 11.6 Å². The van der Waals surface area contributed by atoms with Gasteiger partial charge in [-0.1, -0.05) is 34.6 Å². The highest BCUT2D eigenvalue weighted by Gasteiger charge is 2.38. The Morgan fingerprint density at radius 2 is 2.03 bits per heavy atom. The van der Waals surface area contributed by atoms with Crippen LogP contribution >= 0.6 is 15.9 Å². The van der Waals surface area contributed by atoms with E-state index in [0.29, 0.717) is 30.5 Å². The number of anilines is 2. The van der Waals surface area contributed by atoms with E-state index < -0.39 is 6.09 Å². The van der Waals surface area contributed by atoms with E-state index in [0.717, 1.165) is 17.3 Å². The number of hydrogen-bond donors (Lipinski definition) is 2. The summed E-state index contributed by atoms with van der Waals surface area (Å²) in [6.45, 7) is 11.7. The van der Waals surface area contributed by atoms with Crippen LogP contribution in [0.15, 0.2) is 16.7 Å². The van der Waals surface area contributed by atoms with Crippen LogP contribution in [0.4, 0.5) is 16.4 Å². The number of nitrogens with zero attached hydrogens (tertiary/aromatic N) is 4. The predicted octanol–water partition coefficient (Wildman–Crippen LogP) is 4.64. The molecule has 1 aliphatic rings. The normalized spacial score (nSPS) is 16.9. The number of fused-ring (bicyclic) bond motifs is 1. The first kappa shape index (κ1) is 21.8. The first-order valence-corrected chi connectivity index (χ1v) is 10.8. The Kier molecular flexibility index (Phi) is 6.38. The van der Waals surface area contributed by atoms with E-state index in [1.54, 1.807) is 16.8 Å². The van der Waals surface area contributed by atoms with Gasteiger partial charge >= 0.3 is 6.09 Å². The summed E-state index contributed by atoms with van der Waals surface area (Å²) in [6, 6.07) is 1.79. The highest BCUT2D eigenvalue weighted by atomic mass is 79.9. The predicted molar refractivity (Wildman–Crippen MR) is 117 cm³/mol. The third-order valence-electron chi connectivity index (χ3n) is 5.23. The van der Waals surface area contributed by atoms with Gasteiger partial charge in [-0.25, -0.2) is 9.78 Å². The fourth-order valence-corrected chi connectivity index (χ4v) is 4.61. The maximum atomic E-state index is 12.5. The molecule has 160 valence electrons. The Labute approximate surface area is 179 Å². The average Bonchev–Trinajstić information content (AvgIpc) is 2.99. The monoisotopic (exact) mass is 467 g/mol. The molecule has 29 heavy (non-hydrogen) atoms. The number of ether oxygens (including phenoxy) is 1. The topological polar surface area (TPSA) is 92.0 Å². The third-order valence-corrected chi connectivity index (χ3v) is 5.79. The van der Waals surface area contributed by atoms with Crippen molar-refractivity contribution < 1.29 is 14.6 Å². The minimum Gasteiger partial charge on any atom is -0.465 e. The summed E-state index contributed by atoms with van der Waals surface area (Å²) < 4.78 is 7.75. The van der Waals surface area contributed by atoms with E-state index in [9.17, 15) is 9.90 Å². The Morgan fingerprint density at radius 3 is 2.59 bits per heavy atom. The lowest BCUT2D eigenvalue weighted by molar-refractivity contribution is 0.0904. The first-order valence-electron chi connectivity index (χ1n) is 10.0. The maximum Gasteiger partial charge on any atom is 0.413 e. The van der Waals surface area contributed by atoms with Gasteiger partial charge < -0.3 is 15.2 Å². The van der Waals surface area contributed by atoms with Crippen LogP contribution < -0.4 is 10.2 Å². The fraction of sp³-hybridized carbons (Fsp3) is 0.650. The van der Waals surface area contributed by atoms with Crippen molar-refractivity contribution in [1.29, 1.82) is 0 Å². The van der Waals surface area contributed by atoms with Gasteiger partial charge in [-0.15, -0.1) is 0 Å². The summed E-state index contributed by atoms with van der Waals surface area (Å²) >= 11 is 3.49. The molecule has 2 aromatic rings. The molecule has 1 aliphatic heterocycles. The van der Waals surface area contributed by atoms with Crippen molar-refractivity contribution in [3.05, 3.63) is 16.7 Å². The van der Waals surface area contributed by atoms with Crippen LogP contribution in [-0.4, -0.2) is 51.1 Å². The van der Waals surface area contributed by atoms with Crippen molar-refractivity contribution in [3.8, 4) is 0 Å². The van der Waals surface area contributed by atoms with Gasteiger partial charge in [0, 0.05) is 31.4 Å². The Bertz CT molecular complexity index is 871. The molecule has 0 aromatic carbocycles. The number of halogens is 1. The minimum absolute atomic E-state index is 0.111. The molecular weight excluding hydrogens is 438 g/mol. The number of hydrogen-bond acceptors (Lipinski definition) is 5. The molecule has 0 radical (unpaired) electrons. The molecule has 0 spiro atoms. The van der Waals surface area contributed by atoms with Crippen molar-refractivity contribution >= 4 is 39.3 Å². The Balaban J connectivity index is 2.12. The van der Waals surface area contributed by atoms with Gasteiger partial charge in [-0.2, -0.15) is 9.61 Å². The van der Waals surface area contributed by atoms with Gasteiger partial charge in [0.15, 0.2) is 5.65 Å². The van der Waals surface area contributed by atoms with Crippen LogP contribution in [0, 0.1) is 11.3 Å². The van der Waals surface area contributed by atoms with E-state index in [-0.39, 0.29) is 23.4 Å². The van der Waals surface area contributed by atoms with Gasteiger partial charge in [-0.05, 0) is 40.1 Å². The zero-order chi connectivity index (χ0) is 21.3. The molecule has 2 aromatic heterocycles. The lowest BCUT2D eigenvalue weighted by atomic mass is 9.79. The van der Waals surface area contributed by atoms with E-state index >= 15 is 0 Å². The molecule has 0 bridgehead atoms. The molecule has 1 amide bonds. The largest absolute Gasteiger partial charge is 0.465 e. The number of aromatic nitrogens is 3. The number of amides is 1. The highest BCUT2D eigenvalue weighted by molar-refractivity contribution is 9.10. The molecule has 9 heteroatoms.